The van der Waals surface area contributed by atoms with E-state index in [1.807, 2.05) is 0 Å². The number of rotatable bonds is 7. The summed E-state index contributed by atoms with van der Waals surface area (Å²) < 4.78 is 3.22. The Morgan fingerprint density at radius 3 is 2.36 bits per heavy atom. The summed E-state index contributed by atoms with van der Waals surface area (Å²) in [6, 6.07) is 7.78. The average Bonchev–Trinajstić information content (AvgIpc) is 3.34. The van der Waals surface area contributed by atoms with Crippen molar-refractivity contribution in [3.8, 4) is 0 Å². The Labute approximate surface area is 162 Å². The van der Waals surface area contributed by atoms with Gasteiger partial charge < -0.3 is 16.0 Å². The Bertz CT molecular complexity index is 949. The summed E-state index contributed by atoms with van der Waals surface area (Å²) in [6.45, 7) is 1.76. The predicted molar refractivity (Wildman–Crippen MR) is 106 cm³/mol. The summed E-state index contributed by atoms with van der Waals surface area (Å²) in [4.78, 5) is 25.0. The fourth-order valence-corrected chi connectivity index (χ4v) is 2.80. The standard InChI is InChI=1S/C19H23N7O2/c1-13(26-9-5-8-21-26)18(27)23-15-6-4-7-16(10-15)24-19(28)17(20-2)14-11-22-25(3)12-14/h4-13,17,20H,1-3H3,(H,23,27)(H,24,28). The number of likely N-dealkylation sites (N-methyl/N-ethyl adjacent to an activating group) is 1. The van der Waals surface area contributed by atoms with Crippen LogP contribution >= 0.6 is 0 Å². The zero-order valence-corrected chi connectivity index (χ0v) is 16.0. The van der Waals surface area contributed by atoms with Crippen molar-refractivity contribution in [1.29, 1.82) is 0 Å². The maximum atomic E-state index is 12.6. The second kappa shape index (κ2) is 8.49. The van der Waals surface area contributed by atoms with E-state index in [4.69, 9.17) is 0 Å². The summed E-state index contributed by atoms with van der Waals surface area (Å²) in [5.41, 5.74) is 1.93. The van der Waals surface area contributed by atoms with E-state index < -0.39 is 12.1 Å². The van der Waals surface area contributed by atoms with Gasteiger partial charge in [-0.3, -0.25) is 19.0 Å². The van der Waals surface area contributed by atoms with E-state index in [1.54, 1.807) is 85.5 Å². The van der Waals surface area contributed by atoms with Crippen LogP contribution in [0.1, 0.15) is 24.6 Å². The van der Waals surface area contributed by atoms with Crippen molar-refractivity contribution in [3.63, 3.8) is 0 Å². The maximum absolute atomic E-state index is 12.6. The van der Waals surface area contributed by atoms with Gasteiger partial charge in [0.2, 0.25) is 11.8 Å². The fraction of sp³-hybridized carbons (Fsp3) is 0.263. The molecule has 0 saturated heterocycles. The fourth-order valence-electron chi connectivity index (χ4n) is 2.80. The van der Waals surface area contributed by atoms with Gasteiger partial charge in [0.15, 0.2) is 0 Å². The normalized spacial score (nSPS) is 13.0. The number of nitrogens with one attached hydrogen (secondary N) is 3. The number of aryl methyl sites for hydroxylation is 1. The van der Waals surface area contributed by atoms with Gasteiger partial charge in [0.1, 0.15) is 12.1 Å². The molecule has 0 saturated carbocycles. The van der Waals surface area contributed by atoms with Crippen molar-refractivity contribution in [2.45, 2.75) is 19.0 Å². The first-order valence-corrected chi connectivity index (χ1v) is 8.84. The van der Waals surface area contributed by atoms with Crippen molar-refractivity contribution in [3.05, 3.63) is 60.7 Å². The van der Waals surface area contributed by atoms with E-state index in [2.05, 4.69) is 26.1 Å². The van der Waals surface area contributed by atoms with Gasteiger partial charge in [-0.05, 0) is 38.2 Å². The quantitative estimate of drug-likeness (QED) is 0.578. The molecule has 2 atom stereocenters. The molecule has 0 spiro atoms. The van der Waals surface area contributed by atoms with E-state index in [1.165, 1.54) is 0 Å². The highest BCUT2D eigenvalue weighted by molar-refractivity contribution is 5.97. The molecule has 9 heteroatoms. The number of nitrogens with zero attached hydrogens (tertiary/aromatic N) is 4. The van der Waals surface area contributed by atoms with Crippen LogP contribution in [0.4, 0.5) is 11.4 Å². The number of hydrogen-bond donors (Lipinski definition) is 3. The molecule has 0 aliphatic carbocycles. The average molecular weight is 381 g/mol. The molecule has 0 fully saturated rings. The highest BCUT2D eigenvalue weighted by Crippen LogP contribution is 2.19. The van der Waals surface area contributed by atoms with Crippen molar-refractivity contribution in [1.82, 2.24) is 24.9 Å². The lowest BCUT2D eigenvalue weighted by atomic mass is 10.1. The van der Waals surface area contributed by atoms with E-state index in [0.29, 0.717) is 11.4 Å². The Morgan fingerprint density at radius 2 is 1.79 bits per heavy atom. The third-order valence-electron chi connectivity index (χ3n) is 4.31. The van der Waals surface area contributed by atoms with Crippen LogP contribution in [-0.4, -0.2) is 38.4 Å². The van der Waals surface area contributed by atoms with Crippen molar-refractivity contribution < 1.29 is 9.59 Å². The van der Waals surface area contributed by atoms with Gasteiger partial charge in [-0.2, -0.15) is 10.2 Å². The number of aromatic nitrogens is 4. The van der Waals surface area contributed by atoms with Gasteiger partial charge in [0, 0.05) is 42.6 Å². The van der Waals surface area contributed by atoms with Crippen LogP contribution in [0.25, 0.3) is 0 Å². The Hall–Kier alpha value is -3.46. The summed E-state index contributed by atoms with van der Waals surface area (Å²) in [6.07, 6.45) is 6.79. The van der Waals surface area contributed by atoms with E-state index in [0.717, 1.165) is 5.56 Å². The zero-order valence-electron chi connectivity index (χ0n) is 16.0. The molecule has 3 rings (SSSR count). The van der Waals surface area contributed by atoms with Crippen molar-refractivity contribution in [2.75, 3.05) is 17.7 Å². The molecule has 3 N–H and O–H groups in total. The first-order valence-electron chi connectivity index (χ1n) is 8.84. The molecule has 1 aromatic carbocycles. The number of hydrogen-bond acceptors (Lipinski definition) is 5. The van der Waals surface area contributed by atoms with Crippen LogP contribution in [0.5, 0.6) is 0 Å². The van der Waals surface area contributed by atoms with Gasteiger partial charge in [-0.1, -0.05) is 6.07 Å². The second-order valence-electron chi connectivity index (χ2n) is 6.39. The first-order chi connectivity index (χ1) is 13.5. The van der Waals surface area contributed by atoms with Crippen molar-refractivity contribution in [2.24, 2.45) is 7.05 Å². The van der Waals surface area contributed by atoms with Crippen LogP contribution in [0, 0.1) is 0 Å². The molecule has 2 heterocycles. The molecule has 0 radical (unpaired) electrons. The molecule has 2 amide bonds. The largest absolute Gasteiger partial charge is 0.324 e. The minimum Gasteiger partial charge on any atom is -0.324 e. The lowest BCUT2D eigenvalue weighted by Crippen LogP contribution is -2.30. The molecular formula is C19H23N7O2. The Morgan fingerprint density at radius 1 is 1.07 bits per heavy atom. The highest BCUT2D eigenvalue weighted by atomic mass is 16.2. The number of benzene rings is 1. The monoisotopic (exact) mass is 381 g/mol. The first kappa shape index (κ1) is 19.3. The topological polar surface area (TPSA) is 106 Å². The van der Waals surface area contributed by atoms with Crippen LogP contribution in [0.3, 0.4) is 0 Å². The van der Waals surface area contributed by atoms with E-state index in [9.17, 15) is 9.59 Å². The molecule has 0 aliphatic rings. The number of anilines is 2. The van der Waals surface area contributed by atoms with Gasteiger partial charge in [-0.15, -0.1) is 0 Å². The molecule has 0 bridgehead atoms. The lowest BCUT2D eigenvalue weighted by molar-refractivity contribution is -0.119. The second-order valence-corrected chi connectivity index (χ2v) is 6.39. The van der Waals surface area contributed by atoms with Crippen LogP contribution in [0.2, 0.25) is 0 Å². The van der Waals surface area contributed by atoms with Crippen molar-refractivity contribution >= 4 is 23.2 Å². The van der Waals surface area contributed by atoms with E-state index in [-0.39, 0.29) is 11.8 Å². The maximum Gasteiger partial charge on any atom is 0.248 e. The summed E-state index contributed by atoms with van der Waals surface area (Å²) >= 11 is 0. The molecule has 9 nitrogen and oxygen atoms in total. The minimum atomic E-state index is -0.535. The van der Waals surface area contributed by atoms with Crippen LogP contribution in [0.15, 0.2) is 55.1 Å². The third-order valence-corrected chi connectivity index (χ3v) is 4.31. The molecule has 28 heavy (non-hydrogen) atoms. The molecule has 0 aliphatic heterocycles. The number of amides is 2. The lowest BCUT2D eigenvalue weighted by Gasteiger charge is -2.16. The smallest absolute Gasteiger partial charge is 0.248 e. The summed E-state index contributed by atoms with van der Waals surface area (Å²) in [7, 11) is 3.51. The van der Waals surface area contributed by atoms with Crippen LogP contribution < -0.4 is 16.0 Å². The molecule has 2 unspecified atom stereocenters. The zero-order chi connectivity index (χ0) is 20.1. The van der Waals surface area contributed by atoms with Gasteiger partial charge in [0.25, 0.3) is 0 Å². The predicted octanol–water partition coefficient (Wildman–Crippen LogP) is 1.72. The minimum absolute atomic E-state index is 0.198. The third kappa shape index (κ3) is 4.44. The molecular weight excluding hydrogens is 358 g/mol. The molecule has 2 aromatic heterocycles. The number of carbonyl (C=O) groups is 2. The highest BCUT2D eigenvalue weighted by Gasteiger charge is 2.20. The SMILES string of the molecule is CNC(C(=O)Nc1cccc(NC(=O)C(C)n2cccn2)c1)c1cnn(C)c1. The van der Waals surface area contributed by atoms with Gasteiger partial charge in [0.05, 0.1) is 6.20 Å². The van der Waals surface area contributed by atoms with Crippen LogP contribution in [-0.2, 0) is 16.6 Å². The molecule has 3 aromatic rings. The molecule has 146 valence electrons. The Balaban J connectivity index is 1.67. The van der Waals surface area contributed by atoms with Gasteiger partial charge >= 0.3 is 0 Å². The van der Waals surface area contributed by atoms with Gasteiger partial charge in [-0.25, -0.2) is 0 Å². The summed E-state index contributed by atoms with van der Waals surface area (Å²) in [5.74, 6) is -0.417. The summed E-state index contributed by atoms with van der Waals surface area (Å²) in [5, 5.41) is 16.9. The number of carbonyl (C=O) groups excluding carboxylic acids is 2. The van der Waals surface area contributed by atoms with E-state index >= 15 is 0 Å². The Kier molecular flexibility index (Phi) is 5.85.